The van der Waals surface area contributed by atoms with Crippen LogP contribution in [0.1, 0.15) is 32.3 Å². The fourth-order valence-electron chi connectivity index (χ4n) is 3.79. The molecule has 0 aromatic heterocycles. The van der Waals surface area contributed by atoms with Gasteiger partial charge in [-0.05, 0) is 18.4 Å². The molecule has 12 nitrogen and oxygen atoms in total. The van der Waals surface area contributed by atoms with Crippen LogP contribution < -0.4 is 5.32 Å². The van der Waals surface area contributed by atoms with Crippen molar-refractivity contribution in [2.45, 2.75) is 45.2 Å². The Bertz CT molecular complexity index is 931. The zero-order chi connectivity index (χ0) is 27.2. The summed E-state index contributed by atoms with van der Waals surface area (Å²) in [5.74, 6) is -1.40. The number of hydrogen-bond acceptors (Lipinski definition) is 10. The molecule has 0 unspecified atom stereocenters. The van der Waals surface area contributed by atoms with Gasteiger partial charge >= 0.3 is 5.97 Å². The van der Waals surface area contributed by atoms with Gasteiger partial charge < -0.3 is 24.5 Å². The lowest BCUT2D eigenvalue weighted by Crippen LogP contribution is -2.52. The quantitative estimate of drug-likeness (QED) is 0.150. The van der Waals surface area contributed by atoms with Crippen molar-refractivity contribution in [3.8, 4) is 0 Å². The number of nitrogens with zero attached hydrogens (tertiary/aromatic N) is 2. The normalized spacial score (nSPS) is 16.5. The lowest BCUT2D eigenvalue weighted by molar-refractivity contribution is -0.758. The van der Waals surface area contributed by atoms with Gasteiger partial charge in [-0.3, -0.25) is 14.4 Å². The average molecular weight is 540 g/mol. The first-order valence-electron chi connectivity index (χ1n) is 12.0. The number of esters is 1. The Balaban J connectivity index is 1.97. The molecule has 0 spiro atoms. The van der Waals surface area contributed by atoms with E-state index in [9.17, 15) is 29.3 Å². The average Bonchev–Trinajstić information content (AvgIpc) is 3.36. The second-order valence-electron chi connectivity index (χ2n) is 8.48. The van der Waals surface area contributed by atoms with Gasteiger partial charge in [0, 0.05) is 31.6 Å². The summed E-state index contributed by atoms with van der Waals surface area (Å²) in [4.78, 5) is 66.0. The molecule has 1 aliphatic heterocycles. The highest BCUT2D eigenvalue weighted by molar-refractivity contribution is 8.13. The van der Waals surface area contributed by atoms with Gasteiger partial charge in [0.1, 0.15) is 25.3 Å². The molecule has 204 valence electrons. The Hall–Kier alpha value is -3.19. The number of rotatable bonds is 15. The van der Waals surface area contributed by atoms with E-state index < -0.39 is 35.0 Å². The van der Waals surface area contributed by atoms with E-state index in [1.807, 2.05) is 30.3 Å². The van der Waals surface area contributed by atoms with E-state index in [1.165, 1.54) is 11.8 Å². The number of benzene rings is 1. The summed E-state index contributed by atoms with van der Waals surface area (Å²) in [5, 5.41) is 11.9. The maximum Gasteiger partial charge on any atom is 0.329 e. The standard InChI is InChI=1S/C24H33N3O9S/c1-17(16-37-18(2)28)23(30)26-10-6-9-21(26)22(29)25-20(15-19-7-4-3-5-8-19)24(31)35-13-11-34-12-14-36-27(32)33/h3-5,7-8,17,20-21H,6,9-16H2,1-2H3,(H,25,29)/t17-,20+,21-/m0/s1. The molecule has 1 saturated heterocycles. The van der Waals surface area contributed by atoms with Gasteiger partial charge in [0.25, 0.3) is 5.09 Å². The highest BCUT2D eigenvalue weighted by atomic mass is 32.2. The van der Waals surface area contributed by atoms with Gasteiger partial charge in [0.05, 0.1) is 13.2 Å². The van der Waals surface area contributed by atoms with Crippen molar-refractivity contribution < 1.29 is 38.6 Å². The monoisotopic (exact) mass is 539 g/mol. The molecule has 1 aromatic rings. The minimum atomic E-state index is -0.990. The molecule has 1 heterocycles. The number of ether oxygens (including phenoxy) is 2. The Labute approximate surface area is 219 Å². The van der Waals surface area contributed by atoms with Crippen molar-refractivity contribution in [1.82, 2.24) is 10.2 Å². The molecule has 1 fully saturated rings. The van der Waals surface area contributed by atoms with Crippen molar-refractivity contribution in [1.29, 1.82) is 0 Å². The molecular formula is C24H33N3O9S. The SMILES string of the molecule is CC(=O)SC[C@H](C)C(=O)N1CCC[C@H]1C(=O)N[C@H](Cc1ccccc1)C(=O)OCCOCCO[N+](=O)[O-]. The lowest BCUT2D eigenvalue weighted by atomic mass is 10.0. The smallest absolute Gasteiger partial charge is 0.329 e. The fourth-order valence-corrected chi connectivity index (χ4v) is 4.41. The van der Waals surface area contributed by atoms with Crippen LogP contribution in [0.5, 0.6) is 0 Å². The van der Waals surface area contributed by atoms with E-state index in [2.05, 4.69) is 10.2 Å². The van der Waals surface area contributed by atoms with Gasteiger partial charge in [0.2, 0.25) is 11.8 Å². The van der Waals surface area contributed by atoms with E-state index in [1.54, 1.807) is 6.92 Å². The Morgan fingerprint density at radius 1 is 1.16 bits per heavy atom. The summed E-state index contributed by atoms with van der Waals surface area (Å²) in [6.07, 6.45) is 1.31. The van der Waals surface area contributed by atoms with Crippen molar-refractivity contribution >= 4 is 34.7 Å². The zero-order valence-corrected chi connectivity index (χ0v) is 21.8. The van der Waals surface area contributed by atoms with Crippen LogP contribution in [0.25, 0.3) is 0 Å². The topological polar surface area (TPSA) is 154 Å². The summed E-state index contributed by atoms with van der Waals surface area (Å²) < 4.78 is 10.4. The second kappa shape index (κ2) is 15.8. The third-order valence-electron chi connectivity index (χ3n) is 5.58. The molecule has 0 radical (unpaired) electrons. The minimum Gasteiger partial charge on any atom is -0.462 e. The van der Waals surface area contributed by atoms with Crippen molar-refractivity contribution in [2.24, 2.45) is 5.92 Å². The first-order chi connectivity index (χ1) is 17.7. The number of carbonyl (C=O) groups is 4. The molecule has 13 heteroatoms. The summed E-state index contributed by atoms with van der Waals surface area (Å²) in [6, 6.07) is 7.42. The van der Waals surface area contributed by atoms with Gasteiger partial charge in [-0.2, -0.15) is 0 Å². The van der Waals surface area contributed by atoms with E-state index in [0.29, 0.717) is 25.1 Å². The van der Waals surface area contributed by atoms with Crippen LogP contribution >= 0.6 is 11.8 Å². The van der Waals surface area contributed by atoms with Crippen LogP contribution in [0.2, 0.25) is 0 Å². The summed E-state index contributed by atoms with van der Waals surface area (Å²) in [7, 11) is 0. The van der Waals surface area contributed by atoms with E-state index in [-0.39, 0.29) is 43.9 Å². The molecule has 1 N–H and O–H groups in total. The minimum absolute atomic E-state index is 0.000114. The Morgan fingerprint density at radius 3 is 2.54 bits per heavy atom. The lowest BCUT2D eigenvalue weighted by Gasteiger charge is -2.28. The van der Waals surface area contributed by atoms with Crippen molar-refractivity contribution in [3.63, 3.8) is 0 Å². The predicted octanol–water partition coefficient (Wildman–Crippen LogP) is 1.39. The predicted molar refractivity (Wildman–Crippen MR) is 134 cm³/mol. The van der Waals surface area contributed by atoms with Crippen LogP contribution in [-0.4, -0.2) is 83.7 Å². The van der Waals surface area contributed by atoms with Crippen LogP contribution in [0.15, 0.2) is 30.3 Å². The van der Waals surface area contributed by atoms with Crippen LogP contribution in [0.3, 0.4) is 0 Å². The zero-order valence-electron chi connectivity index (χ0n) is 21.0. The molecular weight excluding hydrogens is 506 g/mol. The number of thioether (sulfide) groups is 1. The number of carbonyl (C=O) groups excluding carboxylic acids is 4. The Morgan fingerprint density at radius 2 is 1.86 bits per heavy atom. The maximum absolute atomic E-state index is 13.2. The van der Waals surface area contributed by atoms with Gasteiger partial charge in [0.15, 0.2) is 5.12 Å². The largest absolute Gasteiger partial charge is 0.462 e. The number of likely N-dealkylation sites (tertiary alicyclic amines) is 1. The second-order valence-corrected chi connectivity index (χ2v) is 9.68. The van der Waals surface area contributed by atoms with Gasteiger partial charge in [-0.1, -0.05) is 49.0 Å². The highest BCUT2D eigenvalue weighted by Gasteiger charge is 2.37. The summed E-state index contributed by atoms with van der Waals surface area (Å²) in [5.41, 5.74) is 0.812. The third-order valence-corrected chi connectivity index (χ3v) is 6.65. The van der Waals surface area contributed by atoms with E-state index in [0.717, 1.165) is 17.3 Å². The Kier molecular flexibility index (Phi) is 12.8. The van der Waals surface area contributed by atoms with Crippen LogP contribution in [0.4, 0.5) is 0 Å². The molecule has 0 bridgehead atoms. The summed E-state index contributed by atoms with van der Waals surface area (Å²) in [6.45, 7) is 3.20. The van der Waals surface area contributed by atoms with Gasteiger partial charge in [-0.15, -0.1) is 10.1 Å². The van der Waals surface area contributed by atoms with E-state index in [4.69, 9.17) is 9.47 Å². The number of amides is 2. The number of nitrogens with one attached hydrogen (secondary N) is 1. The van der Waals surface area contributed by atoms with Gasteiger partial charge in [-0.25, -0.2) is 4.79 Å². The van der Waals surface area contributed by atoms with Crippen molar-refractivity contribution in [3.05, 3.63) is 46.0 Å². The molecule has 0 saturated carbocycles. The van der Waals surface area contributed by atoms with Crippen molar-refractivity contribution in [2.75, 3.05) is 38.7 Å². The first kappa shape index (κ1) is 30.0. The molecule has 2 rings (SSSR count). The molecule has 1 aliphatic rings. The first-order valence-corrected chi connectivity index (χ1v) is 13.0. The maximum atomic E-state index is 13.2. The molecule has 0 aliphatic carbocycles. The molecule has 2 amide bonds. The molecule has 37 heavy (non-hydrogen) atoms. The summed E-state index contributed by atoms with van der Waals surface area (Å²) >= 11 is 1.07. The van der Waals surface area contributed by atoms with Crippen LogP contribution in [0, 0.1) is 16.0 Å². The third kappa shape index (κ3) is 10.8. The molecule has 3 atom stereocenters. The number of hydrogen-bond donors (Lipinski definition) is 1. The highest BCUT2D eigenvalue weighted by Crippen LogP contribution is 2.22. The van der Waals surface area contributed by atoms with Crippen LogP contribution in [-0.2, 0) is 39.9 Å². The molecule has 1 aromatic carbocycles. The van der Waals surface area contributed by atoms with E-state index >= 15 is 0 Å². The fraction of sp³-hybridized carbons (Fsp3) is 0.583.